The Bertz CT molecular complexity index is 1060. The van der Waals surface area contributed by atoms with Gasteiger partial charge < -0.3 is 10.1 Å². The number of hydrogen-bond donors (Lipinski definition) is 3. The lowest BCUT2D eigenvalue weighted by Crippen LogP contribution is -2.28. The smallest absolute Gasteiger partial charge is 0.273 e. The van der Waals surface area contributed by atoms with Crippen molar-refractivity contribution >= 4 is 27.8 Å². The predicted molar refractivity (Wildman–Crippen MR) is 113 cm³/mol. The topological polar surface area (TPSA) is 130 Å². The molecule has 0 spiro atoms. The zero-order valence-corrected chi connectivity index (χ0v) is 16.7. The molecule has 3 aromatic rings. The number of thioether (sulfide) groups is 1. The van der Waals surface area contributed by atoms with E-state index < -0.39 is 5.91 Å². The number of pyridine rings is 1. The van der Waals surface area contributed by atoms with Crippen LogP contribution in [0.3, 0.4) is 0 Å². The van der Waals surface area contributed by atoms with Crippen LogP contribution in [-0.4, -0.2) is 49.6 Å². The van der Waals surface area contributed by atoms with Gasteiger partial charge >= 0.3 is 0 Å². The molecular weight excluding hydrogens is 390 g/mol. The molecule has 0 fully saturated rings. The maximum absolute atomic E-state index is 12.3. The molecule has 3 rings (SSSR count). The highest BCUT2D eigenvalue weighted by Crippen LogP contribution is 2.16. The number of nitrogens with zero attached hydrogens (tertiary/aromatic N) is 4. The van der Waals surface area contributed by atoms with E-state index >= 15 is 0 Å². The third-order valence-corrected chi connectivity index (χ3v) is 4.72. The summed E-state index contributed by atoms with van der Waals surface area (Å²) in [6, 6.07) is 12.6. The summed E-state index contributed by atoms with van der Waals surface area (Å²) in [7, 11) is 1.54. The van der Waals surface area contributed by atoms with Gasteiger partial charge in [-0.3, -0.25) is 15.6 Å². The summed E-state index contributed by atoms with van der Waals surface area (Å²) in [5.41, 5.74) is 2.20. The summed E-state index contributed by atoms with van der Waals surface area (Å²) >= 11 is 0.988. The molecule has 0 bridgehead atoms. The van der Waals surface area contributed by atoms with Crippen LogP contribution in [0.4, 0.5) is 0 Å². The molecule has 2 aromatic heterocycles. The van der Waals surface area contributed by atoms with Crippen molar-refractivity contribution in [2.75, 3.05) is 13.7 Å². The number of amides is 1. The summed E-state index contributed by atoms with van der Waals surface area (Å²) in [5, 5.41) is 26.9. The first-order valence-corrected chi connectivity index (χ1v) is 9.41. The van der Waals surface area contributed by atoms with Crippen LogP contribution in [-0.2, 0) is 0 Å². The van der Waals surface area contributed by atoms with Gasteiger partial charge in [0, 0.05) is 13.1 Å². The molecule has 29 heavy (non-hydrogen) atoms. The molecule has 10 heteroatoms. The number of aryl methyl sites for hydroxylation is 1. The number of hydrogen-bond acceptors (Lipinski definition) is 8. The maximum atomic E-state index is 12.3. The van der Waals surface area contributed by atoms with Crippen molar-refractivity contribution in [3.63, 3.8) is 0 Å². The van der Waals surface area contributed by atoms with Crippen LogP contribution < -0.4 is 10.1 Å². The largest absolute Gasteiger partial charge is 0.481 e. The Hall–Kier alpha value is -3.53. The molecule has 150 valence electrons. The maximum Gasteiger partial charge on any atom is 0.273 e. The number of carbonyl (C=O) groups is 1. The van der Waals surface area contributed by atoms with E-state index in [9.17, 15) is 4.79 Å². The summed E-state index contributed by atoms with van der Waals surface area (Å²) in [4.78, 5) is 16.6. The Balaban J connectivity index is 0.00000320. The lowest BCUT2D eigenvalue weighted by molar-refractivity contribution is 0.0954. The second-order valence-electron chi connectivity index (χ2n) is 5.91. The molecule has 0 unspecified atom stereocenters. The van der Waals surface area contributed by atoms with Crippen LogP contribution in [0.5, 0.6) is 5.88 Å². The summed E-state index contributed by atoms with van der Waals surface area (Å²) < 4.78 is 6.54. The highest BCUT2D eigenvalue weighted by molar-refractivity contribution is 8.26. The van der Waals surface area contributed by atoms with Crippen LogP contribution in [0.1, 0.15) is 23.2 Å². The molecule has 0 radical (unpaired) electrons. The van der Waals surface area contributed by atoms with E-state index in [0.29, 0.717) is 17.3 Å². The van der Waals surface area contributed by atoms with Gasteiger partial charge in [-0.2, -0.15) is 0 Å². The van der Waals surface area contributed by atoms with Crippen molar-refractivity contribution in [3.05, 3.63) is 65.6 Å². The zero-order valence-electron chi connectivity index (χ0n) is 15.8. The second-order valence-corrected chi connectivity index (χ2v) is 7.01. The van der Waals surface area contributed by atoms with Gasteiger partial charge in [-0.05, 0) is 13.0 Å². The highest BCUT2D eigenvalue weighted by Gasteiger charge is 2.14. The van der Waals surface area contributed by atoms with Gasteiger partial charge in [-0.1, -0.05) is 47.3 Å². The number of benzene rings is 1. The first-order valence-electron chi connectivity index (χ1n) is 8.59. The Labute approximate surface area is 173 Å². The van der Waals surface area contributed by atoms with Crippen LogP contribution in [0.25, 0.3) is 5.69 Å². The monoisotopic (exact) mass is 411 g/mol. The number of methoxy groups -OCH3 is 1. The SMILES string of the molecule is COc1ccc(-n2cc(C(=O)NCC(=N)SC(=N)c3ccccc3)nn2)c(C)n1.[HH]. The average molecular weight is 411 g/mol. The molecule has 9 nitrogen and oxygen atoms in total. The van der Waals surface area contributed by atoms with Gasteiger partial charge in [0.25, 0.3) is 5.91 Å². The Kier molecular flexibility index (Phi) is 6.35. The molecule has 3 N–H and O–H groups in total. The molecule has 1 aromatic carbocycles. The van der Waals surface area contributed by atoms with Gasteiger partial charge in [-0.15, -0.1) is 5.10 Å². The number of nitrogens with one attached hydrogen (secondary N) is 3. The van der Waals surface area contributed by atoms with E-state index in [1.807, 2.05) is 18.2 Å². The van der Waals surface area contributed by atoms with E-state index in [0.717, 1.165) is 17.3 Å². The molecule has 0 atom stereocenters. The fourth-order valence-corrected chi connectivity index (χ4v) is 3.08. The highest BCUT2D eigenvalue weighted by atomic mass is 32.2. The average Bonchev–Trinajstić information content (AvgIpc) is 3.22. The van der Waals surface area contributed by atoms with Crippen molar-refractivity contribution in [3.8, 4) is 11.6 Å². The number of carbonyl (C=O) groups excluding carboxylic acids is 1. The molecule has 0 aliphatic carbocycles. The summed E-state index contributed by atoms with van der Waals surface area (Å²) in [6.45, 7) is 1.80. The molecule has 2 heterocycles. The van der Waals surface area contributed by atoms with E-state index in [1.165, 1.54) is 18.0 Å². The minimum Gasteiger partial charge on any atom is -0.481 e. The first kappa shape index (κ1) is 20.2. The Morgan fingerprint density at radius 1 is 1.24 bits per heavy atom. The lowest BCUT2D eigenvalue weighted by atomic mass is 10.2. The Morgan fingerprint density at radius 3 is 2.69 bits per heavy atom. The molecule has 0 saturated heterocycles. The van der Waals surface area contributed by atoms with Crippen molar-refractivity contribution < 1.29 is 11.0 Å². The van der Waals surface area contributed by atoms with Crippen LogP contribution in [0, 0.1) is 17.7 Å². The number of aromatic nitrogens is 4. The minimum absolute atomic E-state index is 0. The fourth-order valence-electron chi connectivity index (χ4n) is 2.43. The quantitative estimate of drug-likeness (QED) is 0.422. The zero-order chi connectivity index (χ0) is 20.8. The Morgan fingerprint density at radius 2 is 2.00 bits per heavy atom. The third kappa shape index (κ3) is 5.05. The van der Waals surface area contributed by atoms with Crippen molar-refractivity contribution in [1.29, 1.82) is 10.8 Å². The van der Waals surface area contributed by atoms with Gasteiger partial charge in [0.05, 0.1) is 36.3 Å². The van der Waals surface area contributed by atoms with E-state index in [1.54, 1.807) is 31.2 Å². The predicted octanol–water partition coefficient (Wildman–Crippen LogP) is 2.69. The minimum atomic E-state index is -0.452. The van der Waals surface area contributed by atoms with Gasteiger partial charge in [-0.25, -0.2) is 9.67 Å². The molecule has 0 aliphatic rings. The molecule has 0 saturated carbocycles. The normalized spacial score (nSPS) is 10.4. The van der Waals surface area contributed by atoms with Crippen LogP contribution in [0.15, 0.2) is 48.7 Å². The van der Waals surface area contributed by atoms with Crippen molar-refractivity contribution in [1.82, 2.24) is 25.3 Å². The lowest BCUT2D eigenvalue weighted by Gasteiger charge is -2.06. The molecular formula is C19H21N7O2S. The van der Waals surface area contributed by atoms with Crippen LogP contribution in [0.2, 0.25) is 0 Å². The number of ether oxygens (including phenoxy) is 1. The fraction of sp³-hybridized carbons (Fsp3) is 0.158. The molecule has 1 amide bonds. The summed E-state index contributed by atoms with van der Waals surface area (Å²) in [5.74, 6) is 0.0355. The van der Waals surface area contributed by atoms with Gasteiger partial charge in [0.2, 0.25) is 5.88 Å². The van der Waals surface area contributed by atoms with E-state index in [2.05, 4.69) is 20.6 Å². The van der Waals surface area contributed by atoms with Crippen LogP contribution >= 0.6 is 11.8 Å². The summed E-state index contributed by atoms with van der Waals surface area (Å²) in [6.07, 6.45) is 1.49. The van der Waals surface area contributed by atoms with Crippen molar-refractivity contribution in [2.24, 2.45) is 0 Å². The van der Waals surface area contributed by atoms with Crippen molar-refractivity contribution in [2.45, 2.75) is 6.92 Å². The number of rotatable bonds is 6. The van der Waals surface area contributed by atoms with Gasteiger partial charge in [0.15, 0.2) is 5.69 Å². The van der Waals surface area contributed by atoms with E-state index in [4.69, 9.17) is 15.6 Å². The second kappa shape index (κ2) is 9.11. The van der Waals surface area contributed by atoms with Gasteiger partial charge in [0.1, 0.15) is 5.04 Å². The molecule has 0 aliphatic heterocycles. The first-order chi connectivity index (χ1) is 14.0. The standard InChI is InChI=1S/C19H19N7O2S.H2/c1-12-15(8-9-17(23-12)28-2)26-11-14(24-25-26)19(27)22-10-16(20)29-18(21)13-6-4-3-5-7-13;/h3-9,11,20-21H,10H2,1-2H3,(H,22,27);1H. The third-order valence-electron chi connectivity index (χ3n) is 3.89. The van der Waals surface area contributed by atoms with E-state index in [-0.39, 0.29) is 23.8 Å².